The average Bonchev–Trinajstić information content (AvgIpc) is 2.94. The highest BCUT2D eigenvalue weighted by Crippen LogP contribution is 2.36. The van der Waals surface area contributed by atoms with Crippen LogP contribution in [0.3, 0.4) is 0 Å². The van der Waals surface area contributed by atoms with E-state index in [0.717, 1.165) is 12.8 Å². The number of furan rings is 1. The van der Waals surface area contributed by atoms with Crippen molar-refractivity contribution in [1.29, 1.82) is 0 Å². The molecule has 3 aromatic rings. The molecule has 1 aliphatic rings. The molecule has 0 atom stereocenters. The van der Waals surface area contributed by atoms with E-state index >= 15 is 0 Å². The summed E-state index contributed by atoms with van der Waals surface area (Å²) >= 11 is 1.39. The summed E-state index contributed by atoms with van der Waals surface area (Å²) in [5, 5.41) is 15.0. The molecule has 3 heterocycles. The predicted molar refractivity (Wildman–Crippen MR) is 72.7 cm³/mol. The fourth-order valence-electron chi connectivity index (χ4n) is 1.98. The van der Waals surface area contributed by atoms with Crippen molar-refractivity contribution >= 4 is 11.8 Å². The van der Waals surface area contributed by atoms with Crippen LogP contribution in [0.2, 0.25) is 0 Å². The quantitative estimate of drug-likeness (QED) is 0.717. The molecular formula is C12H11N5O3S. The zero-order valence-corrected chi connectivity index (χ0v) is 11.7. The number of nitrogens with zero attached hydrogens (tertiary/aromatic N) is 4. The Morgan fingerprint density at radius 1 is 1.43 bits per heavy atom. The van der Waals surface area contributed by atoms with Gasteiger partial charge < -0.3 is 8.83 Å². The first-order valence-corrected chi connectivity index (χ1v) is 7.46. The Morgan fingerprint density at radius 2 is 2.33 bits per heavy atom. The Morgan fingerprint density at radius 3 is 3.10 bits per heavy atom. The molecule has 1 N–H and O–H groups in total. The number of hydrogen-bond donors (Lipinski definition) is 1. The van der Waals surface area contributed by atoms with E-state index in [1.165, 1.54) is 11.8 Å². The normalized spacial score (nSPS) is 14.7. The van der Waals surface area contributed by atoms with Crippen LogP contribution in [-0.4, -0.2) is 25.0 Å². The van der Waals surface area contributed by atoms with Gasteiger partial charge in [-0.15, -0.1) is 15.3 Å². The zero-order valence-electron chi connectivity index (χ0n) is 10.9. The lowest BCUT2D eigenvalue weighted by molar-refractivity contribution is 0.494. The molecular weight excluding hydrogens is 294 g/mol. The fourth-order valence-corrected chi connectivity index (χ4v) is 2.84. The molecule has 0 aliphatic heterocycles. The van der Waals surface area contributed by atoms with Gasteiger partial charge in [0, 0.05) is 6.04 Å². The number of H-pyrrole nitrogens is 1. The monoisotopic (exact) mass is 305 g/mol. The van der Waals surface area contributed by atoms with E-state index in [2.05, 4.69) is 20.4 Å². The van der Waals surface area contributed by atoms with E-state index in [9.17, 15) is 4.79 Å². The second kappa shape index (κ2) is 4.92. The van der Waals surface area contributed by atoms with Crippen molar-refractivity contribution in [1.82, 2.24) is 25.0 Å². The van der Waals surface area contributed by atoms with Gasteiger partial charge in [-0.3, -0.25) is 4.57 Å². The summed E-state index contributed by atoms with van der Waals surface area (Å²) in [4.78, 5) is 11.7. The Bertz CT molecular complexity index is 799. The molecule has 21 heavy (non-hydrogen) atoms. The third-order valence-electron chi connectivity index (χ3n) is 3.11. The molecule has 1 aliphatic carbocycles. The topological polar surface area (TPSA) is 103 Å². The van der Waals surface area contributed by atoms with Gasteiger partial charge in [0.2, 0.25) is 5.89 Å². The van der Waals surface area contributed by atoms with E-state index in [0.29, 0.717) is 28.5 Å². The number of aromatic nitrogens is 5. The predicted octanol–water partition coefficient (Wildman–Crippen LogP) is 1.84. The molecule has 4 rings (SSSR count). The second-order valence-electron chi connectivity index (χ2n) is 4.68. The van der Waals surface area contributed by atoms with Crippen molar-refractivity contribution in [2.75, 3.05) is 0 Å². The summed E-state index contributed by atoms with van der Waals surface area (Å²) < 4.78 is 12.4. The van der Waals surface area contributed by atoms with Crippen LogP contribution < -0.4 is 5.69 Å². The number of hydrogen-bond acceptors (Lipinski definition) is 7. The third-order valence-corrected chi connectivity index (χ3v) is 4.05. The van der Waals surface area contributed by atoms with Crippen LogP contribution in [0.15, 0.2) is 37.2 Å². The van der Waals surface area contributed by atoms with Crippen molar-refractivity contribution in [2.45, 2.75) is 29.8 Å². The number of nitrogens with one attached hydrogen (secondary N) is 1. The van der Waals surface area contributed by atoms with Crippen LogP contribution in [0.5, 0.6) is 0 Å². The summed E-state index contributed by atoms with van der Waals surface area (Å²) in [5.41, 5.74) is -0.165. The maximum absolute atomic E-state index is 11.7. The highest BCUT2D eigenvalue weighted by Gasteiger charge is 2.28. The van der Waals surface area contributed by atoms with E-state index < -0.39 is 0 Å². The number of thioether (sulfide) groups is 1. The third kappa shape index (κ3) is 2.40. The fraction of sp³-hybridized carbons (Fsp3) is 0.333. The van der Waals surface area contributed by atoms with Crippen LogP contribution in [0.4, 0.5) is 0 Å². The highest BCUT2D eigenvalue weighted by molar-refractivity contribution is 7.98. The molecule has 3 aromatic heterocycles. The summed E-state index contributed by atoms with van der Waals surface area (Å²) in [6.45, 7) is 0. The van der Waals surface area contributed by atoms with Crippen molar-refractivity contribution < 1.29 is 8.83 Å². The van der Waals surface area contributed by atoms with Gasteiger partial charge in [-0.25, -0.2) is 9.89 Å². The minimum atomic E-state index is -0.165. The Kier molecular flexibility index (Phi) is 2.92. The van der Waals surface area contributed by atoms with Gasteiger partial charge in [0.15, 0.2) is 10.9 Å². The van der Waals surface area contributed by atoms with Crippen molar-refractivity contribution in [2.24, 2.45) is 0 Å². The number of rotatable bonds is 5. The Hall–Kier alpha value is -2.29. The van der Waals surface area contributed by atoms with Crippen molar-refractivity contribution in [3.63, 3.8) is 0 Å². The molecule has 1 fully saturated rings. The molecule has 0 aromatic carbocycles. The van der Waals surface area contributed by atoms with Crippen LogP contribution in [0, 0.1) is 0 Å². The van der Waals surface area contributed by atoms with Gasteiger partial charge in [0.1, 0.15) is 0 Å². The first kappa shape index (κ1) is 12.5. The standard InChI is InChI=1S/C12H11N5O3S/c18-11-15-16-12(17(11)7-3-4-7)21-6-9-13-14-10(20-9)8-2-1-5-19-8/h1-2,5,7H,3-4,6H2,(H,15,18). The smallest absolute Gasteiger partial charge is 0.344 e. The highest BCUT2D eigenvalue weighted by atomic mass is 32.2. The van der Waals surface area contributed by atoms with E-state index in [1.807, 2.05) is 0 Å². The first-order valence-electron chi connectivity index (χ1n) is 6.47. The van der Waals surface area contributed by atoms with Gasteiger partial charge >= 0.3 is 5.69 Å². The molecule has 0 unspecified atom stereocenters. The molecule has 9 heteroatoms. The van der Waals surface area contributed by atoms with Gasteiger partial charge in [0.05, 0.1) is 12.0 Å². The SMILES string of the molecule is O=c1[nH]nc(SCc2nnc(-c3ccco3)o2)n1C1CC1. The zero-order chi connectivity index (χ0) is 14.2. The van der Waals surface area contributed by atoms with Crippen molar-refractivity contribution in [3.05, 3.63) is 34.8 Å². The molecule has 0 radical (unpaired) electrons. The summed E-state index contributed by atoms with van der Waals surface area (Å²) in [6, 6.07) is 3.79. The lowest BCUT2D eigenvalue weighted by Gasteiger charge is -2.00. The molecule has 0 saturated heterocycles. The maximum atomic E-state index is 11.7. The van der Waals surface area contributed by atoms with E-state index in [1.54, 1.807) is 23.0 Å². The summed E-state index contributed by atoms with van der Waals surface area (Å²) in [7, 11) is 0. The lowest BCUT2D eigenvalue weighted by Crippen LogP contribution is -2.16. The van der Waals surface area contributed by atoms with Gasteiger partial charge in [-0.05, 0) is 25.0 Å². The molecule has 1 saturated carbocycles. The number of aromatic amines is 1. The minimum Gasteiger partial charge on any atom is -0.459 e. The molecule has 0 spiro atoms. The van der Waals surface area contributed by atoms with Crippen LogP contribution in [0.25, 0.3) is 11.7 Å². The van der Waals surface area contributed by atoms with Gasteiger partial charge in [-0.1, -0.05) is 11.8 Å². The molecule has 0 bridgehead atoms. The molecule has 0 amide bonds. The van der Waals surface area contributed by atoms with E-state index in [4.69, 9.17) is 8.83 Å². The largest absolute Gasteiger partial charge is 0.459 e. The maximum Gasteiger partial charge on any atom is 0.344 e. The van der Waals surface area contributed by atoms with Crippen molar-refractivity contribution in [3.8, 4) is 11.7 Å². The Balaban J connectivity index is 1.49. The van der Waals surface area contributed by atoms with E-state index in [-0.39, 0.29) is 11.7 Å². The van der Waals surface area contributed by atoms with Gasteiger partial charge in [0.25, 0.3) is 5.89 Å². The first-order chi connectivity index (χ1) is 10.3. The van der Waals surface area contributed by atoms with Gasteiger partial charge in [-0.2, -0.15) is 0 Å². The lowest BCUT2D eigenvalue weighted by atomic mass is 10.5. The van der Waals surface area contributed by atoms with Crippen LogP contribution in [0.1, 0.15) is 24.8 Å². The molecule has 8 nitrogen and oxygen atoms in total. The summed E-state index contributed by atoms with van der Waals surface area (Å²) in [5.74, 6) is 1.79. The minimum absolute atomic E-state index is 0.165. The average molecular weight is 305 g/mol. The second-order valence-corrected chi connectivity index (χ2v) is 5.62. The van der Waals surface area contributed by atoms with Crippen LogP contribution >= 0.6 is 11.8 Å². The molecule has 108 valence electrons. The Labute approximate surface area is 122 Å². The summed E-state index contributed by atoms with van der Waals surface area (Å²) in [6.07, 6.45) is 3.60. The van der Waals surface area contributed by atoms with Crippen LogP contribution in [-0.2, 0) is 5.75 Å².